The number of nitrogens with zero attached hydrogens (tertiary/aromatic N) is 1. The van der Waals surface area contributed by atoms with Gasteiger partial charge in [0.2, 0.25) is 5.91 Å². The zero-order valence-corrected chi connectivity index (χ0v) is 23.0. The third-order valence-corrected chi connectivity index (χ3v) is 5.66. The first kappa shape index (κ1) is 32.6. The molecule has 2 atom stereocenters. The van der Waals surface area contributed by atoms with E-state index in [4.69, 9.17) is 26.8 Å². The number of amides is 1. The zero-order chi connectivity index (χ0) is 28.7. The topological polar surface area (TPSA) is 186 Å². The lowest BCUT2D eigenvalue weighted by atomic mass is 9.96. The molecule has 0 aromatic heterocycles. The first-order valence-electron chi connectivity index (χ1n) is 12.0. The summed E-state index contributed by atoms with van der Waals surface area (Å²) in [6.45, 7) is 6.55. The molecular formula is C26H42N5O6S-. The molecule has 0 radical (unpaired) electrons. The van der Waals surface area contributed by atoms with Crippen molar-refractivity contribution >= 4 is 28.6 Å². The fourth-order valence-corrected chi connectivity index (χ4v) is 3.51. The molecule has 0 fully saturated rings. The second-order valence-electron chi connectivity index (χ2n) is 8.61. The van der Waals surface area contributed by atoms with Crippen molar-refractivity contribution in [2.75, 3.05) is 25.6 Å². The van der Waals surface area contributed by atoms with Crippen LogP contribution in [0.3, 0.4) is 0 Å². The number of rotatable bonds is 12. The van der Waals surface area contributed by atoms with Crippen molar-refractivity contribution in [3.63, 3.8) is 0 Å². The fourth-order valence-electron chi connectivity index (χ4n) is 3.16. The van der Waals surface area contributed by atoms with Crippen LogP contribution in [0.1, 0.15) is 35.6 Å². The van der Waals surface area contributed by atoms with Crippen LogP contribution >= 0.6 is 0 Å². The molecule has 38 heavy (non-hydrogen) atoms. The third-order valence-electron chi connectivity index (χ3n) is 5.00. The van der Waals surface area contributed by atoms with Crippen molar-refractivity contribution in [3.05, 3.63) is 66.0 Å². The number of hydrazine groups is 1. The van der Waals surface area contributed by atoms with Crippen LogP contribution in [0.2, 0.25) is 0 Å². The molecule has 12 heteroatoms. The van der Waals surface area contributed by atoms with Gasteiger partial charge in [0.25, 0.3) is 0 Å². The lowest BCUT2D eigenvalue weighted by Crippen LogP contribution is -2.32. The smallest absolute Gasteiger partial charge is 0.318 e. The van der Waals surface area contributed by atoms with Crippen LogP contribution in [-0.4, -0.2) is 45.9 Å². The van der Waals surface area contributed by atoms with Gasteiger partial charge >= 0.3 is 5.97 Å². The van der Waals surface area contributed by atoms with Crippen LogP contribution < -0.4 is 27.4 Å². The number of benzene rings is 2. The van der Waals surface area contributed by atoms with Gasteiger partial charge < -0.3 is 35.8 Å². The largest absolute Gasteiger partial charge is 0.768 e. The van der Waals surface area contributed by atoms with Gasteiger partial charge in [0.05, 0.1) is 20.3 Å². The van der Waals surface area contributed by atoms with Crippen LogP contribution in [-0.2, 0) is 32.0 Å². The van der Waals surface area contributed by atoms with Crippen molar-refractivity contribution in [2.24, 2.45) is 29.1 Å². The van der Waals surface area contributed by atoms with E-state index < -0.39 is 23.0 Å². The van der Waals surface area contributed by atoms with E-state index in [0.717, 1.165) is 5.56 Å². The monoisotopic (exact) mass is 552 g/mol. The van der Waals surface area contributed by atoms with Crippen LogP contribution in [0.5, 0.6) is 5.75 Å². The molecule has 0 bridgehead atoms. The Hall–Kier alpha value is -3.45. The summed E-state index contributed by atoms with van der Waals surface area (Å²) < 4.78 is 30.6. The van der Waals surface area contributed by atoms with E-state index in [2.05, 4.69) is 5.32 Å². The maximum Gasteiger partial charge on any atom is 0.318 e. The van der Waals surface area contributed by atoms with Crippen molar-refractivity contribution < 1.29 is 30.7 Å². The van der Waals surface area contributed by atoms with E-state index in [1.54, 1.807) is 37.4 Å². The van der Waals surface area contributed by atoms with Crippen molar-refractivity contribution in [2.45, 2.75) is 38.6 Å². The first-order valence-corrected chi connectivity index (χ1v) is 13.0. The summed E-state index contributed by atoms with van der Waals surface area (Å²) in [4.78, 5) is 24.8. The number of methoxy groups -OCH3 is 1. The number of anilines is 1. The van der Waals surface area contributed by atoms with Crippen molar-refractivity contribution in [1.29, 1.82) is 0 Å². The Bertz CT molecular complexity index is 1070. The Morgan fingerprint density at radius 1 is 1.16 bits per heavy atom. The average molecular weight is 553 g/mol. The van der Waals surface area contributed by atoms with Gasteiger partial charge in [0.15, 0.2) is 0 Å². The average Bonchev–Trinajstić information content (AvgIpc) is 2.88. The minimum Gasteiger partial charge on any atom is -0.768 e. The highest BCUT2D eigenvalue weighted by Gasteiger charge is 2.28. The van der Waals surface area contributed by atoms with E-state index in [1.807, 2.05) is 26.0 Å². The van der Waals surface area contributed by atoms with Crippen LogP contribution in [0.15, 0.2) is 65.3 Å². The molecule has 2 aromatic rings. The van der Waals surface area contributed by atoms with Crippen molar-refractivity contribution in [1.82, 2.24) is 5.01 Å². The van der Waals surface area contributed by atoms with E-state index in [-0.39, 0.29) is 32.7 Å². The van der Waals surface area contributed by atoms with E-state index in [1.165, 1.54) is 24.3 Å². The lowest BCUT2D eigenvalue weighted by molar-refractivity contribution is -0.151. The van der Waals surface area contributed by atoms with E-state index >= 15 is 0 Å². The van der Waals surface area contributed by atoms with Gasteiger partial charge in [-0.1, -0.05) is 26.0 Å². The molecule has 0 saturated carbocycles. The Kier molecular flexibility index (Phi) is 14.7. The predicted octanol–water partition coefficient (Wildman–Crippen LogP) is 2.71. The molecule has 0 saturated heterocycles. The van der Waals surface area contributed by atoms with Crippen molar-refractivity contribution in [3.8, 4) is 5.75 Å². The molecule has 0 spiro atoms. The molecular weight excluding hydrogens is 510 g/mol. The molecule has 2 aromatic carbocycles. The molecule has 1 amide bonds. The summed E-state index contributed by atoms with van der Waals surface area (Å²) in [6.07, 6.45) is 2.01. The minimum atomic E-state index is -2.14. The second kappa shape index (κ2) is 17.1. The Morgan fingerprint density at radius 2 is 1.76 bits per heavy atom. The Labute approximate surface area is 229 Å². The summed E-state index contributed by atoms with van der Waals surface area (Å²) in [7, 11) is 1.53. The number of ether oxygens (including phenoxy) is 2. The number of hydrogen-bond acceptors (Lipinski definition) is 10. The quantitative estimate of drug-likeness (QED) is 0.100. The zero-order valence-electron chi connectivity index (χ0n) is 22.2. The van der Waals surface area contributed by atoms with Crippen LogP contribution in [0, 0.1) is 11.8 Å². The standard InChI is InChI=1S/C19H31N5O3.C7H8O3S.2H2/c1-4-27-19(26)17(9-13(2)3)18(25)23-16-7-5-14(6-8-16)11-24(22)12-15(21)10-20;1-10-6-2-4-7(5-3-6)11(8)9;;/h5-8,12-13,17H,4,9-11,20-22H2,1-3H3,(H,23,25);2-5H,1H3,(H,8,9);2*1H/p-1/b15-12-;;;. The summed E-state index contributed by atoms with van der Waals surface area (Å²) in [5.74, 6) is 5.00. The molecule has 0 heterocycles. The van der Waals surface area contributed by atoms with Gasteiger partial charge in [-0.3, -0.25) is 13.8 Å². The number of nitrogens with one attached hydrogen (secondary N) is 1. The first-order chi connectivity index (χ1) is 18.0. The molecule has 7 N–H and O–H groups in total. The highest BCUT2D eigenvalue weighted by molar-refractivity contribution is 7.79. The maximum absolute atomic E-state index is 12.5. The fraction of sp³-hybridized carbons (Fsp3) is 0.385. The summed E-state index contributed by atoms with van der Waals surface area (Å²) >= 11 is -2.14. The number of esters is 1. The SMILES string of the molecule is CCOC(=O)C(CC(C)C)C(=O)Nc1ccc(CN(N)/C=C(\N)CN)cc1.COc1ccc(S(=O)[O-])cc1.[HH].[HH]. The highest BCUT2D eigenvalue weighted by Crippen LogP contribution is 2.18. The second-order valence-corrected chi connectivity index (χ2v) is 9.55. The molecule has 214 valence electrons. The van der Waals surface area contributed by atoms with Crippen LogP contribution in [0.4, 0.5) is 5.69 Å². The van der Waals surface area contributed by atoms with Gasteiger partial charge in [0.1, 0.15) is 11.7 Å². The molecule has 11 nitrogen and oxygen atoms in total. The Balaban J connectivity index is 0. The van der Waals surface area contributed by atoms with Gasteiger partial charge in [-0.15, -0.1) is 0 Å². The minimum absolute atomic E-state index is 0. The van der Waals surface area contributed by atoms with Gasteiger partial charge in [-0.05, 0) is 72.3 Å². The molecule has 0 aliphatic heterocycles. The molecule has 0 aliphatic rings. The number of carbonyl (C=O) groups excluding carboxylic acids is 2. The van der Waals surface area contributed by atoms with E-state index in [0.29, 0.717) is 30.1 Å². The highest BCUT2D eigenvalue weighted by atomic mass is 32.2. The summed E-state index contributed by atoms with van der Waals surface area (Å²) in [5.41, 5.74) is 13.1. The lowest BCUT2D eigenvalue weighted by Gasteiger charge is -2.18. The van der Waals surface area contributed by atoms with Crippen LogP contribution in [0.25, 0.3) is 0 Å². The number of hydrogen-bond donors (Lipinski definition) is 4. The predicted molar refractivity (Wildman–Crippen MR) is 150 cm³/mol. The van der Waals surface area contributed by atoms with E-state index in [9.17, 15) is 18.4 Å². The molecule has 2 rings (SSSR count). The third kappa shape index (κ3) is 12.2. The van der Waals surface area contributed by atoms with Gasteiger partial charge in [0, 0.05) is 31.9 Å². The number of carbonyl (C=O) groups is 2. The number of nitrogens with two attached hydrogens (primary N) is 3. The van der Waals surface area contributed by atoms with Gasteiger partial charge in [-0.25, -0.2) is 5.84 Å². The Morgan fingerprint density at radius 3 is 2.24 bits per heavy atom. The summed E-state index contributed by atoms with van der Waals surface area (Å²) in [5, 5.41) is 4.22. The maximum atomic E-state index is 12.5. The van der Waals surface area contributed by atoms with Gasteiger partial charge in [-0.2, -0.15) is 0 Å². The normalized spacial score (nSPS) is 12.6. The summed E-state index contributed by atoms with van der Waals surface area (Å²) in [6, 6.07) is 13.4. The molecule has 0 aliphatic carbocycles. The molecule has 2 unspecified atom stereocenters.